The third-order valence-corrected chi connectivity index (χ3v) is 7.40. The Morgan fingerprint density at radius 2 is 1.84 bits per heavy atom. The van der Waals surface area contributed by atoms with E-state index in [0.717, 1.165) is 11.8 Å². The van der Waals surface area contributed by atoms with Crippen LogP contribution in [0.25, 0.3) is 11.5 Å². The van der Waals surface area contributed by atoms with Crippen molar-refractivity contribution in [1.82, 2.24) is 14.5 Å². The first kappa shape index (κ1) is 23.8. The van der Waals surface area contributed by atoms with Gasteiger partial charge in [0.25, 0.3) is 5.22 Å². The Morgan fingerprint density at radius 3 is 2.50 bits per heavy atom. The molecule has 32 heavy (non-hydrogen) atoms. The molecule has 1 heterocycles. The van der Waals surface area contributed by atoms with Crippen LogP contribution in [0.4, 0.5) is 5.69 Å². The molecule has 2 aromatic carbocycles. The van der Waals surface area contributed by atoms with Gasteiger partial charge in [0, 0.05) is 24.3 Å². The molecular weight excluding hydrogens is 452 g/mol. The molecule has 0 aliphatic carbocycles. The van der Waals surface area contributed by atoms with E-state index >= 15 is 0 Å². The van der Waals surface area contributed by atoms with E-state index < -0.39 is 10.0 Å². The van der Waals surface area contributed by atoms with Crippen LogP contribution in [0.2, 0.25) is 0 Å². The quantitative estimate of drug-likeness (QED) is 0.442. The lowest BCUT2D eigenvalue weighted by atomic mass is 10.2. The highest BCUT2D eigenvalue weighted by Gasteiger charge is 2.22. The molecule has 0 spiro atoms. The van der Waals surface area contributed by atoms with Crippen molar-refractivity contribution in [2.75, 3.05) is 31.3 Å². The lowest BCUT2D eigenvalue weighted by Crippen LogP contribution is -2.30. The van der Waals surface area contributed by atoms with Crippen LogP contribution in [0, 0.1) is 0 Å². The topological polar surface area (TPSA) is 115 Å². The van der Waals surface area contributed by atoms with Crippen molar-refractivity contribution in [2.45, 2.75) is 24.0 Å². The second kappa shape index (κ2) is 10.6. The smallest absolute Gasteiger partial charge is 0.277 e. The highest BCUT2D eigenvalue weighted by molar-refractivity contribution is 7.99. The molecule has 0 aliphatic rings. The van der Waals surface area contributed by atoms with Gasteiger partial charge in [-0.05, 0) is 42.5 Å². The number of carbonyl (C=O) groups is 1. The lowest BCUT2D eigenvalue weighted by Gasteiger charge is -2.18. The van der Waals surface area contributed by atoms with E-state index in [9.17, 15) is 13.2 Å². The predicted molar refractivity (Wildman–Crippen MR) is 122 cm³/mol. The summed E-state index contributed by atoms with van der Waals surface area (Å²) in [5.74, 6) is 0.723. The van der Waals surface area contributed by atoms with E-state index in [2.05, 4.69) is 15.5 Å². The Balaban J connectivity index is 1.65. The zero-order valence-electron chi connectivity index (χ0n) is 17.9. The number of ether oxygens (including phenoxy) is 1. The van der Waals surface area contributed by atoms with Crippen molar-refractivity contribution in [1.29, 1.82) is 0 Å². The second-order valence-corrected chi connectivity index (χ2v) is 9.42. The minimum absolute atomic E-state index is 0.0735. The maximum absolute atomic E-state index is 12.8. The van der Waals surface area contributed by atoms with Crippen molar-refractivity contribution < 1.29 is 22.4 Å². The van der Waals surface area contributed by atoms with E-state index in [1.807, 2.05) is 0 Å². The Hall–Kier alpha value is -2.89. The number of nitrogens with zero attached hydrogens (tertiary/aromatic N) is 3. The minimum atomic E-state index is -3.60. The van der Waals surface area contributed by atoms with E-state index in [0.29, 0.717) is 30.1 Å². The number of benzene rings is 2. The lowest BCUT2D eigenvalue weighted by molar-refractivity contribution is -0.113. The van der Waals surface area contributed by atoms with Crippen molar-refractivity contribution in [3.05, 3.63) is 48.5 Å². The molecule has 11 heteroatoms. The molecule has 0 bridgehead atoms. The average Bonchev–Trinajstić information content (AvgIpc) is 3.28. The van der Waals surface area contributed by atoms with Gasteiger partial charge in [0.15, 0.2) is 0 Å². The molecule has 0 radical (unpaired) electrons. The summed E-state index contributed by atoms with van der Waals surface area (Å²) < 4.78 is 37.6. The number of amides is 1. The van der Waals surface area contributed by atoms with Crippen molar-refractivity contribution in [3.63, 3.8) is 0 Å². The number of nitrogens with one attached hydrogen (secondary N) is 1. The Morgan fingerprint density at radius 1 is 1.12 bits per heavy atom. The molecular formula is C21H24N4O5S2. The van der Waals surface area contributed by atoms with Gasteiger partial charge < -0.3 is 14.5 Å². The van der Waals surface area contributed by atoms with E-state index in [1.54, 1.807) is 57.4 Å². The van der Waals surface area contributed by atoms with E-state index in [-0.39, 0.29) is 27.7 Å². The zero-order valence-corrected chi connectivity index (χ0v) is 19.6. The maximum Gasteiger partial charge on any atom is 0.277 e. The van der Waals surface area contributed by atoms with Gasteiger partial charge in [0.05, 0.1) is 17.8 Å². The molecule has 1 N–H and O–H groups in total. The summed E-state index contributed by atoms with van der Waals surface area (Å²) in [6, 6.07) is 13.4. The van der Waals surface area contributed by atoms with Crippen LogP contribution in [-0.4, -0.2) is 54.8 Å². The van der Waals surface area contributed by atoms with Gasteiger partial charge in [-0.1, -0.05) is 31.7 Å². The maximum atomic E-state index is 12.8. The number of thioether (sulfide) groups is 1. The Labute approximate surface area is 191 Å². The molecule has 1 aromatic heterocycles. The van der Waals surface area contributed by atoms with Gasteiger partial charge in [0.2, 0.25) is 21.8 Å². The van der Waals surface area contributed by atoms with Gasteiger partial charge in [0.1, 0.15) is 5.75 Å². The molecule has 170 valence electrons. The molecule has 1 amide bonds. The Kier molecular flexibility index (Phi) is 7.89. The number of methoxy groups -OCH3 is 1. The molecule has 0 atom stereocenters. The SMILES string of the molecule is CCN(CC)S(=O)(=O)c1cccc(-c2nnc(SCC(=O)Nc3ccc(OC)cc3)o2)c1. The average molecular weight is 477 g/mol. The zero-order chi connectivity index (χ0) is 23.1. The summed E-state index contributed by atoms with van der Waals surface area (Å²) >= 11 is 1.09. The fraction of sp³-hybridized carbons (Fsp3) is 0.286. The number of sulfonamides is 1. The summed E-state index contributed by atoms with van der Waals surface area (Å²) in [4.78, 5) is 12.3. The molecule has 3 aromatic rings. The van der Waals surface area contributed by atoms with Crippen LogP contribution in [0.1, 0.15) is 13.8 Å². The summed E-state index contributed by atoms with van der Waals surface area (Å²) in [7, 11) is -2.03. The highest BCUT2D eigenvalue weighted by Crippen LogP contribution is 2.26. The summed E-state index contributed by atoms with van der Waals surface area (Å²) in [5, 5.41) is 10.9. The highest BCUT2D eigenvalue weighted by atomic mass is 32.2. The van der Waals surface area contributed by atoms with Gasteiger partial charge in [-0.25, -0.2) is 8.42 Å². The summed E-state index contributed by atoms with van der Waals surface area (Å²) in [6.45, 7) is 4.33. The summed E-state index contributed by atoms with van der Waals surface area (Å²) in [5.41, 5.74) is 1.13. The van der Waals surface area contributed by atoms with Crippen LogP contribution in [0.5, 0.6) is 5.75 Å². The number of hydrogen-bond donors (Lipinski definition) is 1. The molecule has 0 saturated carbocycles. The fourth-order valence-corrected chi connectivity index (χ4v) is 4.95. The monoisotopic (exact) mass is 476 g/mol. The number of aromatic nitrogens is 2. The molecule has 0 fully saturated rings. The molecule has 0 aliphatic heterocycles. The number of anilines is 1. The first-order valence-electron chi connectivity index (χ1n) is 9.88. The first-order chi connectivity index (χ1) is 15.4. The largest absolute Gasteiger partial charge is 0.497 e. The van der Waals surface area contributed by atoms with E-state index in [1.165, 1.54) is 16.4 Å². The normalized spacial score (nSPS) is 11.5. The predicted octanol–water partition coefficient (Wildman–Crippen LogP) is 3.51. The minimum Gasteiger partial charge on any atom is -0.497 e. The van der Waals surface area contributed by atoms with Gasteiger partial charge >= 0.3 is 0 Å². The van der Waals surface area contributed by atoms with Gasteiger partial charge in [-0.2, -0.15) is 4.31 Å². The molecule has 9 nitrogen and oxygen atoms in total. The van der Waals surface area contributed by atoms with Crippen LogP contribution < -0.4 is 10.1 Å². The van der Waals surface area contributed by atoms with E-state index in [4.69, 9.17) is 9.15 Å². The third kappa shape index (κ3) is 5.67. The van der Waals surface area contributed by atoms with Crippen molar-refractivity contribution >= 4 is 33.4 Å². The van der Waals surface area contributed by atoms with Crippen molar-refractivity contribution in [2.24, 2.45) is 0 Å². The molecule has 0 unspecified atom stereocenters. The first-order valence-corrected chi connectivity index (χ1v) is 12.3. The molecule has 0 saturated heterocycles. The number of carbonyl (C=O) groups excluding carboxylic acids is 1. The standard InChI is InChI=1S/C21H24N4O5S2/c1-4-25(5-2)32(27,28)18-8-6-7-15(13-18)20-23-24-21(30-20)31-14-19(26)22-16-9-11-17(29-3)12-10-16/h6-13H,4-5,14H2,1-3H3,(H,22,26). The number of hydrogen-bond acceptors (Lipinski definition) is 8. The van der Waals surface area contributed by atoms with Crippen molar-refractivity contribution in [3.8, 4) is 17.2 Å². The second-order valence-electron chi connectivity index (χ2n) is 6.56. The van der Waals surface area contributed by atoms with Gasteiger partial charge in [-0.15, -0.1) is 10.2 Å². The van der Waals surface area contributed by atoms with Crippen LogP contribution in [0.15, 0.2) is 63.1 Å². The fourth-order valence-electron chi connectivity index (χ4n) is 2.89. The van der Waals surface area contributed by atoms with Crippen LogP contribution in [0.3, 0.4) is 0 Å². The Bertz CT molecular complexity index is 1160. The number of rotatable bonds is 10. The van der Waals surface area contributed by atoms with Crippen LogP contribution >= 0.6 is 11.8 Å². The van der Waals surface area contributed by atoms with Gasteiger partial charge in [-0.3, -0.25) is 4.79 Å². The molecule has 3 rings (SSSR count). The third-order valence-electron chi connectivity index (χ3n) is 4.53. The summed E-state index contributed by atoms with van der Waals surface area (Å²) in [6.07, 6.45) is 0. The van der Waals surface area contributed by atoms with Crippen LogP contribution in [-0.2, 0) is 14.8 Å².